The van der Waals surface area contributed by atoms with E-state index in [2.05, 4.69) is 14.9 Å². The minimum absolute atomic E-state index is 0.0599. The van der Waals surface area contributed by atoms with Gasteiger partial charge >= 0.3 is 0 Å². The maximum Gasteiger partial charge on any atom is 0.245 e. The van der Waals surface area contributed by atoms with Crippen molar-refractivity contribution in [3.8, 4) is 0 Å². The SMILES string of the molecule is CN1C(=O)CCC1C(=O)N1CCN(c2ncccn2)CC1. The van der Waals surface area contributed by atoms with Crippen molar-refractivity contribution in [1.29, 1.82) is 0 Å². The van der Waals surface area contributed by atoms with Crippen LogP contribution in [0.25, 0.3) is 0 Å². The van der Waals surface area contributed by atoms with Crippen LogP contribution < -0.4 is 4.90 Å². The highest BCUT2D eigenvalue weighted by molar-refractivity contribution is 5.90. The number of aromatic nitrogens is 2. The fourth-order valence-corrected chi connectivity index (χ4v) is 2.89. The fourth-order valence-electron chi connectivity index (χ4n) is 2.89. The number of amides is 2. The van der Waals surface area contributed by atoms with Gasteiger partial charge in [0.2, 0.25) is 17.8 Å². The molecule has 1 aromatic heterocycles. The molecule has 0 N–H and O–H groups in total. The van der Waals surface area contributed by atoms with Crippen LogP contribution in [0.1, 0.15) is 12.8 Å². The quantitative estimate of drug-likeness (QED) is 0.750. The number of piperazine rings is 1. The van der Waals surface area contributed by atoms with Crippen LogP contribution in [0, 0.1) is 0 Å². The summed E-state index contributed by atoms with van der Waals surface area (Å²) in [5.41, 5.74) is 0. The summed E-state index contributed by atoms with van der Waals surface area (Å²) in [7, 11) is 1.71. The Balaban J connectivity index is 1.58. The number of carbonyl (C=O) groups excluding carboxylic acids is 2. The van der Waals surface area contributed by atoms with Gasteiger partial charge in [0.1, 0.15) is 6.04 Å². The maximum absolute atomic E-state index is 12.5. The van der Waals surface area contributed by atoms with Crippen LogP contribution in [-0.2, 0) is 9.59 Å². The highest BCUT2D eigenvalue weighted by Gasteiger charge is 2.36. The number of nitrogens with zero attached hydrogens (tertiary/aromatic N) is 5. The molecule has 2 aliphatic rings. The minimum Gasteiger partial charge on any atom is -0.337 e. The van der Waals surface area contributed by atoms with Crippen molar-refractivity contribution in [2.45, 2.75) is 18.9 Å². The molecule has 112 valence electrons. The summed E-state index contributed by atoms with van der Waals surface area (Å²) in [6.45, 7) is 2.74. The van der Waals surface area contributed by atoms with Crippen molar-refractivity contribution in [2.75, 3.05) is 38.1 Å². The fraction of sp³-hybridized carbons (Fsp3) is 0.571. The molecule has 1 aromatic rings. The molecule has 0 aromatic carbocycles. The summed E-state index contributed by atoms with van der Waals surface area (Å²) >= 11 is 0. The van der Waals surface area contributed by atoms with Crippen molar-refractivity contribution in [3.63, 3.8) is 0 Å². The van der Waals surface area contributed by atoms with E-state index >= 15 is 0 Å². The Morgan fingerprint density at radius 3 is 2.43 bits per heavy atom. The van der Waals surface area contributed by atoms with Gasteiger partial charge in [0.05, 0.1) is 0 Å². The molecule has 0 bridgehead atoms. The van der Waals surface area contributed by atoms with Crippen molar-refractivity contribution in [3.05, 3.63) is 18.5 Å². The largest absolute Gasteiger partial charge is 0.337 e. The predicted molar refractivity (Wildman–Crippen MR) is 76.6 cm³/mol. The number of hydrogen-bond acceptors (Lipinski definition) is 5. The third-order valence-electron chi connectivity index (χ3n) is 4.20. The first-order chi connectivity index (χ1) is 10.2. The molecular weight excluding hydrogens is 270 g/mol. The zero-order valence-corrected chi connectivity index (χ0v) is 12.1. The van der Waals surface area contributed by atoms with E-state index in [1.807, 2.05) is 4.90 Å². The first-order valence-electron chi connectivity index (χ1n) is 7.23. The average Bonchev–Trinajstić information content (AvgIpc) is 2.87. The van der Waals surface area contributed by atoms with Crippen molar-refractivity contribution < 1.29 is 9.59 Å². The molecule has 3 rings (SSSR count). The van der Waals surface area contributed by atoms with Crippen LogP contribution in [0.2, 0.25) is 0 Å². The number of hydrogen-bond donors (Lipinski definition) is 0. The molecule has 7 heteroatoms. The summed E-state index contributed by atoms with van der Waals surface area (Å²) < 4.78 is 0. The maximum atomic E-state index is 12.5. The molecule has 2 amide bonds. The lowest BCUT2D eigenvalue weighted by Gasteiger charge is -2.36. The molecule has 0 spiro atoms. The van der Waals surface area contributed by atoms with Crippen LogP contribution in [0.15, 0.2) is 18.5 Å². The van der Waals surface area contributed by atoms with E-state index in [1.54, 1.807) is 30.4 Å². The number of anilines is 1. The Labute approximate surface area is 123 Å². The molecule has 21 heavy (non-hydrogen) atoms. The van der Waals surface area contributed by atoms with Crippen LogP contribution in [0.4, 0.5) is 5.95 Å². The van der Waals surface area contributed by atoms with E-state index in [4.69, 9.17) is 0 Å². The van der Waals surface area contributed by atoms with E-state index < -0.39 is 0 Å². The third-order valence-corrected chi connectivity index (χ3v) is 4.20. The Kier molecular flexibility index (Phi) is 3.72. The predicted octanol–water partition coefficient (Wildman–Crippen LogP) is -0.254. The molecule has 1 unspecified atom stereocenters. The third kappa shape index (κ3) is 2.68. The normalized spacial score (nSPS) is 22.8. The first-order valence-corrected chi connectivity index (χ1v) is 7.23. The summed E-state index contributed by atoms with van der Waals surface area (Å²) in [4.78, 5) is 38.0. The summed E-state index contributed by atoms with van der Waals surface area (Å²) in [6.07, 6.45) is 4.55. The van der Waals surface area contributed by atoms with Gasteiger partial charge in [-0.05, 0) is 12.5 Å². The second kappa shape index (κ2) is 5.67. The van der Waals surface area contributed by atoms with Crippen molar-refractivity contribution in [2.24, 2.45) is 0 Å². The van der Waals surface area contributed by atoms with Gasteiger partial charge in [-0.15, -0.1) is 0 Å². The standard InChI is InChI=1S/C14H19N5O2/c1-17-11(3-4-12(17)20)13(21)18-7-9-19(10-8-18)14-15-5-2-6-16-14/h2,5-6,11H,3-4,7-10H2,1H3. The topological polar surface area (TPSA) is 69.6 Å². The molecular formula is C14H19N5O2. The van der Waals surface area contributed by atoms with Gasteiger partial charge in [-0.3, -0.25) is 9.59 Å². The summed E-state index contributed by atoms with van der Waals surface area (Å²) in [5, 5.41) is 0. The van der Waals surface area contributed by atoms with E-state index in [1.165, 1.54) is 0 Å². The lowest BCUT2D eigenvalue weighted by molar-refractivity contribution is -0.140. The van der Waals surface area contributed by atoms with E-state index in [-0.39, 0.29) is 17.9 Å². The van der Waals surface area contributed by atoms with Gasteiger partial charge in [0.15, 0.2) is 0 Å². The second-order valence-electron chi connectivity index (χ2n) is 5.42. The Morgan fingerprint density at radius 2 is 1.86 bits per heavy atom. The van der Waals surface area contributed by atoms with Crippen LogP contribution in [0.5, 0.6) is 0 Å². The van der Waals surface area contributed by atoms with Gasteiger partial charge in [-0.1, -0.05) is 0 Å². The zero-order valence-electron chi connectivity index (χ0n) is 12.1. The Hall–Kier alpha value is -2.18. The van der Waals surface area contributed by atoms with Gasteiger partial charge in [0, 0.05) is 52.0 Å². The zero-order chi connectivity index (χ0) is 14.8. The number of rotatable bonds is 2. The number of carbonyl (C=O) groups is 2. The Bertz CT molecular complexity index is 527. The van der Waals surface area contributed by atoms with Crippen LogP contribution in [-0.4, -0.2) is 70.9 Å². The first kappa shape index (κ1) is 13.8. The smallest absolute Gasteiger partial charge is 0.245 e. The molecule has 0 radical (unpaired) electrons. The van der Waals surface area contributed by atoms with Crippen LogP contribution >= 0.6 is 0 Å². The van der Waals surface area contributed by atoms with Gasteiger partial charge < -0.3 is 14.7 Å². The van der Waals surface area contributed by atoms with Gasteiger partial charge in [0.25, 0.3) is 0 Å². The highest BCUT2D eigenvalue weighted by atomic mass is 16.2. The molecule has 7 nitrogen and oxygen atoms in total. The van der Waals surface area contributed by atoms with Crippen LogP contribution in [0.3, 0.4) is 0 Å². The number of likely N-dealkylation sites (tertiary alicyclic amines) is 1. The molecule has 2 aliphatic heterocycles. The average molecular weight is 289 g/mol. The van der Waals surface area contributed by atoms with E-state index in [0.717, 1.165) is 13.1 Å². The number of likely N-dealkylation sites (N-methyl/N-ethyl adjacent to an activating group) is 1. The molecule has 0 saturated carbocycles. The summed E-state index contributed by atoms with van der Waals surface area (Å²) in [6, 6.07) is 1.51. The lowest BCUT2D eigenvalue weighted by atomic mass is 10.2. The molecule has 1 atom stereocenters. The van der Waals surface area contributed by atoms with Gasteiger partial charge in [-0.25, -0.2) is 9.97 Å². The lowest BCUT2D eigenvalue weighted by Crippen LogP contribution is -2.53. The molecule has 0 aliphatic carbocycles. The summed E-state index contributed by atoms with van der Waals surface area (Å²) in [5.74, 6) is 0.833. The van der Waals surface area contributed by atoms with Crippen molar-refractivity contribution in [1.82, 2.24) is 19.8 Å². The Morgan fingerprint density at radius 1 is 1.19 bits per heavy atom. The highest BCUT2D eigenvalue weighted by Crippen LogP contribution is 2.20. The van der Waals surface area contributed by atoms with E-state index in [9.17, 15) is 9.59 Å². The van der Waals surface area contributed by atoms with Crippen molar-refractivity contribution >= 4 is 17.8 Å². The van der Waals surface area contributed by atoms with Gasteiger partial charge in [-0.2, -0.15) is 0 Å². The monoisotopic (exact) mass is 289 g/mol. The molecule has 3 heterocycles. The van der Waals surface area contributed by atoms with E-state index in [0.29, 0.717) is 31.9 Å². The minimum atomic E-state index is -0.281. The molecule has 2 saturated heterocycles. The second-order valence-corrected chi connectivity index (χ2v) is 5.42. The molecule has 2 fully saturated rings.